The average Bonchev–Trinajstić information content (AvgIpc) is 2.70. The van der Waals surface area contributed by atoms with E-state index in [-0.39, 0.29) is 11.5 Å². The van der Waals surface area contributed by atoms with Crippen LogP contribution in [0.5, 0.6) is 0 Å². The fourth-order valence-electron chi connectivity index (χ4n) is 2.93. The Labute approximate surface area is 104 Å². The molecular formula is C14H24N2O. The van der Waals surface area contributed by atoms with E-state index in [1.807, 2.05) is 6.20 Å². The highest BCUT2D eigenvalue weighted by molar-refractivity contribution is 5.01. The Bertz CT molecular complexity index is 370. The number of imidazole rings is 1. The number of aromatic nitrogens is 2. The molecule has 1 saturated carbocycles. The van der Waals surface area contributed by atoms with Crippen LogP contribution in [0, 0.1) is 5.41 Å². The summed E-state index contributed by atoms with van der Waals surface area (Å²) in [5, 5.41) is 9.90. The van der Waals surface area contributed by atoms with Crippen molar-refractivity contribution in [2.75, 3.05) is 0 Å². The van der Waals surface area contributed by atoms with Gasteiger partial charge in [0.2, 0.25) is 0 Å². The van der Waals surface area contributed by atoms with Gasteiger partial charge in [-0.15, -0.1) is 0 Å². The van der Waals surface area contributed by atoms with Gasteiger partial charge in [-0.2, -0.15) is 0 Å². The largest absolute Gasteiger partial charge is 0.393 e. The second kappa shape index (κ2) is 4.81. The van der Waals surface area contributed by atoms with E-state index in [1.54, 1.807) is 0 Å². The highest BCUT2D eigenvalue weighted by Gasteiger charge is 2.37. The maximum atomic E-state index is 9.90. The quantitative estimate of drug-likeness (QED) is 0.876. The Morgan fingerprint density at radius 2 is 2.29 bits per heavy atom. The molecule has 96 valence electrons. The smallest absolute Gasteiger partial charge is 0.108 e. The zero-order chi connectivity index (χ0) is 12.5. The Hall–Kier alpha value is -0.830. The van der Waals surface area contributed by atoms with E-state index in [4.69, 9.17) is 0 Å². The molecule has 2 atom stereocenters. The summed E-state index contributed by atoms with van der Waals surface area (Å²) in [6.07, 6.45) is 8.84. The van der Waals surface area contributed by atoms with Crippen molar-refractivity contribution in [2.24, 2.45) is 5.41 Å². The summed E-state index contributed by atoms with van der Waals surface area (Å²) in [4.78, 5) is 4.45. The van der Waals surface area contributed by atoms with Gasteiger partial charge in [-0.25, -0.2) is 4.98 Å². The van der Waals surface area contributed by atoms with Crippen molar-refractivity contribution in [1.29, 1.82) is 0 Å². The van der Waals surface area contributed by atoms with Gasteiger partial charge in [0.25, 0.3) is 0 Å². The van der Waals surface area contributed by atoms with E-state index in [0.29, 0.717) is 6.04 Å². The van der Waals surface area contributed by atoms with Gasteiger partial charge in [-0.05, 0) is 31.1 Å². The van der Waals surface area contributed by atoms with E-state index in [9.17, 15) is 5.11 Å². The number of aryl methyl sites for hydroxylation is 1. The van der Waals surface area contributed by atoms with Crippen LogP contribution in [-0.4, -0.2) is 20.8 Å². The van der Waals surface area contributed by atoms with Gasteiger partial charge >= 0.3 is 0 Å². The lowest BCUT2D eigenvalue weighted by Gasteiger charge is -2.42. The molecule has 2 unspecified atom stereocenters. The molecule has 2 rings (SSSR count). The van der Waals surface area contributed by atoms with Crippen LogP contribution < -0.4 is 0 Å². The third kappa shape index (κ3) is 2.54. The van der Waals surface area contributed by atoms with Crippen molar-refractivity contribution in [1.82, 2.24) is 9.55 Å². The first kappa shape index (κ1) is 12.6. The van der Waals surface area contributed by atoms with Gasteiger partial charge < -0.3 is 9.67 Å². The van der Waals surface area contributed by atoms with Gasteiger partial charge in [-0.3, -0.25) is 0 Å². The summed E-state index contributed by atoms with van der Waals surface area (Å²) in [7, 11) is 0. The molecule has 1 aliphatic rings. The van der Waals surface area contributed by atoms with Gasteiger partial charge in [0, 0.05) is 24.9 Å². The maximum absolute atomic E-state index is 9.90. The number of hydrogen-bond acceptors (Lipinski definition) is 2. The third-order valence-electron chi connectivity index (χ3n) is 4.08. The standard InChI is InChI=1S/C14H24N2O/c1-4-5-13-15-8-9-16(13)12-10-11(17)6-7-14(12,2)3/h8-9,11-12,17H,4-7,10H2,1-3H3. The Balaban J connectivity index is 2.26. The van der Waals surface area contributed by atoms with E-state index < -0.39 is 0 Å². The van der Waals surface area contributed by atoms with Crippen LogP contribution in [-0.2, 0) is 6.42 Å². The normalized spacial score (nSPS) is 28.2. The second-order valence-corrected chi connectivity index (χ2v) is 5.93. The van der Waals surface area contributed by atoms with Crippen molar-refractivity contribution in [3.63, 3.8) is 0 Å². The summed E-state index contributed by atoms with van der Waals surface area (Å²) in [6.45, 7) is 6.79. The molecule has 1 N–H and O–H groups in total. The van der Waals surface area contributed by atoms with E-state index in [2.05, 4.69) is 36.5 Å². The fraction of sp³-hybridized carbons (Fsp3) is 0.786. The number of aliphatic hydroxyl groups is 1. The number of hydrogen-bond donors (Lipinski definition) is 1. The van der Waals surface area contributed by atoms with Crippen LogP contribution in [0.25, 0.3) is 0 Å². The predicted octanol–water partition coefficient (Wildman–Crippen LogP) is 2.95. The molecule has 0 radical (unpaired) electrons. The van der Waals surface area contributed by atoms with Crippen LogP contribution >= 0.6 is 0 Å². The van der Waals surface area contributed by atoms with Crippen LogP contribution in [0.15, 0.2) is 12.4 Å². The first-order valence-electron chi connectivity index (χ1n) is 6.74. The molecule has 1 heterocycles. The minimum atomic E-state index is -0.148. The molecule has 0 aliphatic heterocycles. The van der Waals surface area contributed by atoms with Crippen molar-refractivity contribution < 1.29 is 5.11 Å². The van der Waals surface area contributed by atoms with Gasteiger partial charge in [0.05, 0.1) is 6.10 Å². The highest BCUT2D eigenvalue weighted by Crippen LogP contribution is 2.44. The molecule has 3 nitrogen and oxygen atoms in total. The molecular weight excluding hydrogens is 212 g/mol. The van der Waals surface area contributed by atoms with Crippen LogP contribution in [0.2, 0.25) is 0 Å². The zero-order valence-corrected chi connectivity index (χ0v) is 11.2. The lowest BCUT2D eigenvalue weighted by molar-refractivity contribution is 0.0331. The highest BCUT2D eigenvalue weighted by atomic mass is 16.3. The van der Waals surface area contributed by atoms with Crippen LogP contribution in [0.1, 0.15) is 58.3 Å². The molecule has 3 heteroatoms. The summed E-state index contributed by atoms with van der Waals surface area (Å²) >= 11 is 0. The SMILES string of the molecule is CCCc1nccn1C1CC(O)CCC1(C)C. The fourth-order valence-corrected chi connectivity index (χ4v) is 2.93. The molecule has 0 saturated heterocycles. The Morgan fingerprint density at radius 1 is 1.53 bits per heavy atom. The van der Waals surface area contributed by atoms with Crippen LogP contribution in [0.3, 0.4) is 0 Å². The first-order chi connectivity index (χ1) is 8.04. The van der Waals surface area contributed by atoms with Crippen molar-refractivity contribution in [3.05, 3.63) is 18.2 Å². The van der Waals surface area contributed by atoms with Gasteiger partial charge in [-0.1, -0.05) is 20.8 Å². The molecule has 0 aromatic carbocycles. The minimum Gasteiger partial charge on any atom is -0.393 e. The van der Waals surface area contributed by atoms with E-state index >= 15 is 0 Å². The second-order valence-electron chi connectivity index (χ2n) is 5.93. The van der Waals surface area contributed by atoms with Crippen LogP contribution in [0.4, 0.5) is 0 Å². The summed E-state index contributed by atoms with van der Waals surface area (Å²) in [6, 6.07) is 0.385. The van der Waals surface area contributed by atoms with Crippen molar-refractivity contribution in [2.45, 2.75) is 65.0 Å². The lowest BCUT2D eigenvalue weighted by Crippen LogP contribution is -2.36. The molecule has 1 aromatic rings. The Kier molecular flexibility index (Phi) is 3.57. The zero-order valence-electron chi connectivity index (χ0n) is 11.2. The number of aliphatic hydroxyl groups excluding tert-OH is 1. The molecule has 0 amide bonds. The molecule has 1 aliphatic carbocycles. The first-order valence-corrected chi connectivity index (χ1v) is 6.74. The van der Waals surface area contributed by atoms with Gasteiger partial charge in [0.1, 0.15) is 5.82 Å². The Morgan fingerprint density at radius 3 is 3.00 bits per heavy atom. The third-order valence-corrected chi connectivity index (χ3v) is 4.08. The molecule has 0 bridgehead atoms. The molecule has 0 spiro atoms. The predicted molar refractivity (Wildman–Crippen MR) is 68.9 cm³/mol. The summed E-state index contributed by atoms with van der Waals surface area (Å²) in [5.74, 6) is 1.17. The van der Waals surface area contributed by atoms with E-state index in [1.165, 1.54) is 5.82 Å². The molecule has 1 aromatic heterocycles. The topological polar surface area (TPSA) is 38.0 Å². The number of nitrogens with zero attached hydrogens (tertiary/aromatic N) is 2. The molecule has 1 fully saturated rings. The summed E-state index contributed by atoms with van der Waals surface area (Å²) < 4.78 is 2.30. The lowest BCUT2D eigenvalue weighted by atomic mass is 9.72. The summed E-state index contributed by atoms with van der Waals surface area (Å²) in [5.41, 5.74) is 0.252. The maximum Gasteiger partial charge on any atom is 0.108 e. The van der Waals surface area contributed by atoms with Crippen molar-refractivity contribution in [3.8, 4) is 0 Å². The van der Waals surface area contributed by atoms with Crippen molar-refractivity contribution >= 4 is 0 Å². The van der Waals surface area contributed by atoms with Gasteiger partial charge in [0.15, 0.2) is 0 Å². The average molecular weight is 236 g/mol. The van der Waals surface area contributed by atoms with E-state index in [0.717, 1.165) is 32.1 Å². The molecule has 17 heavy (non-hydrogen) atoms. The monoisotopic (exact) mass is 236 g/mol. The number of rotatable bonds is 3. The minimum absolute atomic E-state index is 0.148.